The van der Waals surface area contributed by atoms with Crippen LogP contribution in [0.25, 0.3) is 0 Å². The third-order valence-corrected chi connectivity index (χ3v) is 4.30. The van der Waals surface area contributed by atoms with E-state index < -0.39 is 0 Å². The molecule has 0 unspecified atom stereocenters. The molecule has 120 valence electrons. The first kappa shape index (κ1) is 17.1. The first-order chi connectivity index (χ1) is 11.1. The van der Waals surface area contributed by atoms with Gasteiger partial charge in [-0.25, -0.2) is 5.43 Å². The zero-order valence-corrected chi connectivity index (χ0v) is 14.3. The van der Waals surface area contributed by atoms with Gasteiger partial charge in [0.25, 0.3) is 5.91 Å². The summed E-state index contributed by atoms with van der Waals surface area (Å²) in [4.78, 5) is 13.1. The molecule has 0 fully saturated rings. The highest BCUT2D eigenvalue weighted by atomic mass is 32.2. The van der Waals surface area contributed by atoms with Crippen LogP contribution in [0.3, 0.4) is 0 Å². The Morgan fingerprint density at radius 2 is 2.00 bits per heavy atom. The van der Waals surface area contributed by atoms with Crippen molar-refractivity contribution in [1.29, 1.82) is 0 Å². The molecule has 0 aliphatic rings. The van der Waals surface area contributed by atoms with Crippen molar-refractivity contribution in [2.45, 2.75) is 24.0 Å². The van der Waals surface area contributed by atoms with Crippen molar-refractivity contribution in [2.24, 2.45) is 5.10 Å². The number of ether oxygens (including phenoxy) is 1. The van der Waals surface area contributed by atoms with Gasteiger partial charge in [0.2, 0.25) is 0 Å². The van der Waals surface area contributed by atoms with Crippen LogP contribution < -0.4 is 10.2 Å². The van der Waals surface area contributed by atoms with Gasteiger partial charge in [-0.1, -0.05) is 29.8 Å². The number of carbonyl (C=O) groups excluding carboxylic acids is 1. The number of rotatable bonds is 6. The van der Waals surface area contributed by atoms with Crippen LogP contribution in [0, 0.1) is 6.92 Å². The fraction of sp³-hybridized carbons (Fsp3) is 0.222. The molecule has 2 rings (SSSR count). The minimum Gasteiger partial charge on any atom is -0.497 e. The molecule has 0 aromatic heterocycles. The molecule has 0 saturated carbocycles. The van der Waals surface area contributed by atoms with Crippen LogP contribution in [-0.4, -0.2) is 24.5 Å². The number of thioether (sulfide) groups is 1. The monoisotopic (exact) mass is 328 g/mol. The lowest BCUT2D eigenvalue weighted by atomic mass is 10.2. The Morgan fingerprint density at radius 3 is 2.70 bits per heavy atom. The molecule has 0 aliphatic carbocycles. The van der Waals surface area contributed by atoms with Crippen LogP contribution in [0.5, 0.6) is 5.75 Å². The number of nitrogens with one attached hydrogen (secondary N) is 1. The second-order valence-electron chi connectivity index (χ2n) is 5.08. The number of methoxy groups -OCH3 is 1. The highest BCUT2D eigenvalue weighted by Gasteiger charge is 2.13. The van der Waals surface area contributed by atoms with Gasteiger partial charge in [-0.15, -0.1) is 11.8 Å². The van der Waals surface area contributed by atoms with E-state index in [9.17, 15) is 4.79 Å². The quantitative estimate of drug-likeness (QED) is 0.500. The van der Waals surface area contributed by atoms with Crippen molar-refractivity contribution in [2.75, 3.05) is 7.11 Å². The highest BCUT2D eigenvalue weighted by Crippen LogP contribution is 2.23. The van der Waals surface area contributed by atoms with Gasteiger partial charge < -0.3 is 4.74 Å². The van der Waals surface area contributed by atoms with E-state index in [-0.39, 0.29) is 11.2 Å². The van der Waals surface area contributed by atoms with Crippen molar-refractivity contribution < 1.29 is 9.53 Å². The van der Waals surface area contributed by atoms with Crippen molar-refractivity contribution in [3.8, 4) is 5.75 Å². The van der Waals surface area contributed by atoms with Gasteiger partial charge in [-0.05, 0) is 43.7 Å². The summed E-state index contributed by atoms with van der Waals surface area (Å²) >= 11 is 1.51. The number of hydrogen-bond acceptors (Lipinski definition) is 4. The third-order valence-electron chi connectivity index (χ3n) is 3.19. The Balaban J connectivity index is 1.88. The molecule has 0 heterocycles. The minimum atomic E-state index is -0.222. The van der Waals surface area contributed by atoms with E-state index in [1.807, 2.05) is 62.4 Å². The van der Waals surface area contributed by atoms with E-state index in [0.717, 1.165) is 16.2 Å². The van der Waals surface area contributed by atoms with Gasteiger partial charge in [0.15, 0.2) is 0 Å². The van der Waals surface area contributed by atoms with Crippen molar-refractivity contribution >= 4 is 23.9 Å². The molecular weight excluding hydrogens is 308 g/mol. The van der Waals surface area contributed by atoms with Crippen LogP contribution in [0.4, 0.5) is 0 Å². The van der Waals surface area contributed by atoms with Crippen LogP contribution in [0.1, 0.15) is 18.1 Å². The lowest BCUT2D eigenvalue weighted by Crippen LogP contribution is -2.26. The fourth-order valence-electron chi connectivity index (χ4n) is 1.86. The summed E-state index contributed by atoms with van der Waals surface area (Å²) in [5, 5.41) is 3.78. The molecule has 1 N–H and O–H groups in total. The van der Waals surface area contributed by atoms with Gasteiger partial charge in [0.1, 0.15) is 5.75 Å². The Morgan fingerprint density at radius 1 is 1.26 bits per heavy atom. The van der Waals surface area contributed by atoms with E-state index in [1.165, 1.54) is 17.3 Å². The first-order valence-corrected chi connectivity index (χ1v) is 8.17. The van der Waals surface area contributed by atoms with Crippen LogP contribution in [-0.2, 0) is 4.79 Å². The average Bonchev–Trinajstić information content (AvgIpc) is 2.57. The summed E-state index contributed by atoms with van der Waals surface area (Å²) in [5.74, 6) is 0.623. The molecule has 1 atom stereocenters. The van der Waals surface area contributed by atoms with Crippen molar-refractivity contribution in [3.05, 3.63) is 59.7 Å². The number of aryl methyl sites for hydroxylation is 1. The van der Waals surface area contributed by atoms with E-state index in [4.69, 9.17) is 4.74 Å². The summed E-state index contributed by atoms with van der Waals surface area (Å²) in [7, 11) is 1.61. The van der Waals surface area contributed by atoms with Crippen molar-refractivity contribution in [1.82, 2.24) is 5.43 Å². The molecule has 0 bridgehead atoms. The van der Waals surface area contributed by atoms with E-state index in [2.05, 4.69) is 10.5 Å². The molecule has 4 nitrogen and oxygen atoms in total. The third kappa shape index (κ3) is 5.45. The predicted molar refractivity (Wildman–Crippen MR) is 95.2 cm³/mol. The molecule has 0 spiro atoms. The molecule has 1 amide bonds. The number of hydrogen-bond donors (Lipinski definition) is 1. The summed E-state index contributed by atoms with van der Waals surface area (Å²) in [6.45, 7) is 3.90. The highest BCUT2D eigenvalue weighted by molar-refractivity contribution is 8.00. The molecule has 2 aromatic carbocycles. The number of amides is 1. The summed E-state index contributed by atoms with van der Waals surface area (Å²) < 4.78 is 5.14. The normalized spacial score (nSPS) is 12.1. The van der Waals surface area contributed by atoms with Gasteiger partial charge in [-0.2, -0.15) is 5.10 Å². The summed E-state index contributed by atoms with van der Waals surface area (Å²) in [5.41, 5.74) is 4.64. The number of benzene rings is 2. The maximum atomic E-state index is 12.1. The lowest BCUT2D eigenvalue weighted by Gasteiger charge is -2.09. The Bertz CT molecular complexity index is 684. The number of nitrogens with zero attached hydrogens (tertiary/aromatic N) is 1. The topological polar surface area (TPSA) is 50.7 Å². The summed E-state index contributed by atoms with van der Waals surface area (Å²) in [6.07, 6.45) is 1.60. The number of carbonyl (C=O) groups is 1. The van der Waals surface area contributed by atoms with Gasteiger partial charge in [0.05, 0.1) is 18.6 Å². The standard InChI is InChI=1S/C18H20N2O2S/c1-13-7-9-17(10-8-13)23-14(2)18(21)20-19-12-15-5-4-6-16(11-15)22-3/h4-12,14H,1-3H3,(H,20,21)/b19-12-/t14-/m0/s1. The van der Waals surface area contributed by atoms with Gasteiger partial charge in [-0.3, -0.25) is 4.79 Å². The molecule has 0 saturated heterocycles. The molecule has 0 radical (unpaired) electrons. The Hall–Kier alpha value is -2.27. The summed E-state index contributed by atoms with van der Waals surface area (Å²) in [6, 6.07) is 15.6. The van der Waals surface area contributed by atoms with Gasteiger partial charge >= 0.3 is 0 Å². The average molecular weight is 328 g/mol. The fourth-order valence-corrected chi connectivity index (χ4v) is 2.72. The van der Waals surface area contributed by atoms with Crippen LogP contribution in [0.15, 0.2) is 58.5 Å². The largest absolute Gasteiger partial charge is 0.497 e. The van der Waals surface area contributed by atoms with Crippen LogP contribution >= 0.6 is 11.8 Å². The Labute approximate surface area is 140 Å². The van der Waals surface area contributed by atoms with E-state index >= 15 is 0 Å². The SMILES string of the molecule is COc1cccc(/C=N\NC(=O)[C@H](C)Sc2ccc(C)cc2)c1. The zero-order chi connectivity index (χ0) is 16.7. The molecule has 0 aliphatic heterocycles. The maximum Gasteiger partial charge on any atom is 0.253 e. The molecule has 2 aromatic rings. The zero-order valence-electron chi connectivity index (χ0n) is 13.4. The molecule has 5 heteroatoms. The maximum absolute atomic E-state index is 12.1. The lowest BCUT2D eigenvalue weighted by molar-refractivity contribution is -0.120. The second kappa shape index (κ2) is 8.39. The van der Waals surface area contributed by atoms with Gasteiger partial charge in [0, 0.05) is 4.90 Å². The molecular formula is C18H20N2O2S. The first-order valence-electron chi connectivity index (χ1n) is 7.29. The van der Waals surface area contributed by atoms with Crippen LogP contribution in [0.2, 0.25) is 0 Å². The predicted octanol–water partition coefficient (Wildman–Crippen LogP) is 3.63. The molecule has 23 heavy (non-hydrogen) atoms. The Kier molecular flexibility index (Phi) is 6.23. The number of hydrazone groups is 1. The van der Waals surface area contributed by atoms with E-state index in [1.54, 1.807) is 13.3 Å². The van der Waals surface area contributed by atoms with Crippen molar-refractivity contribution in [3.63, 3.8) is 0 Å². The van der Waals surface area contributed by atoms with E-state index in [0.29, 0.717) is 0 Å². The smallest absolute Gasteiger partial charge is 0.253 e. The second-order valence-corrected chi connectivity index (χ2v) is 6.50. The minimum absolute atomic E-state index is 0.130.